The topological polar surface area (TPSA) is 43.9 Å². The first kappa shape index (κ1) is 18.9. The Morgan fingerprint density at radius 1 is 1.08 bits per heavy atom. The third kappa shape index (κ3) is 4.44. The molecule has 0 N–H and O–H groups in total. The molecule has 2 aliphatic rings. The summed E-state index contributed by atoms with van der Waals surface area (Å²) < 4.78 is 0. The molecule has 2 heterocycles. The van der Waals surface area contributed by atoms with E-state index < -0.39 is 0 Å². The van der Waals surface area contributed by atoms with E-state index in [9.17, 15) is 9.59 Å². The Hall–Kier alpha value is -1.88. The third-order valence-corrected chi connectivity index (χ3v) is 5.69. The molecule has 0 bridgehead atoms. The number of piperazine rings is 1. The molecule has 2 aliphatic heterocycles. The summed E-state index contributed by atoms with van der Waals surface area (Å²) in [5.74, 6) is 0.712. The van der Waals surface area contributed by atoms with Gasteiger partial charge in [0, 0.05) is 19.6 Å². The fourth-order valence-electron chi connectivity index (χ4n) is 4.11. The van der Waals surface area contributed by atoms with E-state index >= 15 is 0 Å². The zero-order valence-electron chi connectivity index (χ0n) is 16.1. The molecule has 1 atom stereocenters. The molecule has 26 heavy (non-hydrogen) atoms. The molecule has 0 aliphatic carbocycles. The lowest BCUT2D eigenvalue weighted by Gasteiger charge is -2.41. The van der Waals surface area contributed by atoms with Gasteiger partial charge in [0.1, 0.15) is 6.04 Å². The van der Waals surface area contributed by atoms with Crippen LogP contribution in [-0.4, -0.2) is 65.3 Å². The van der Waals surface area contributed by atoms with E-state index in [0.717, 1.165) is 45.4 Å². The van der Waals surface area contributed by atoms with E-state index in [0.29, 0.717) is 12.5 Å². The fraction of sp³-hybridized carbons (Fsp3) is 0.619. The quantitative estimate of drug-likeness (QED) is 0.785. The molecule has 2 fully saturated rings. The highest BCUT2D eigenvalue weighted by molar-refractivity contribution is 5.94. The normalized spacial score (nSPS) is 22.9. The highest BCUT2D eigenvalue weighted by atomic mass is 16.2. The molecule has 5 nitrogen and oxygen atoms in total. The van der Waals surface area contributed by atoms with Crippen LogP contribution in [0.25, 0.3) is 0 Å². The lowest BCUT2D eigenvalue weighted by Crippen LogP contribution is -2.60. The molecule has 0 unspecified atom stereocenters. The van der Waals surface area contributed by atoms with Crippen molar-refractivity contribution < 1.29 is 9.59 Å². The van der Waals surface area contributed by atoms with Gasteiger partial charge >= 0.3 is 0 Å². The van der Waals surface area contributed by atoms with Crippen molar-refractivity contribution in [2.24, 2.45) is 5.92 Å². The van der Waals surface area contributed by atoms with Crippen LogP contribution in [-0.2, 0) is 16.1 Å². The molecular formula is C21H31N3O2. The third-order valence-electron chi connectivity index (χ3n) is 5.69. The van der Waals surface area contributed by atoms with E-state index in [-0.39, 0.29) is 24.4 Å². The first-order valence-corrected chi connectivity index (χ1v) is 9.93. The summed E-state index contributed by atoms with van der Waals surface area (Å²) in [6.45, 7) is 8.70. The van der Waals surface area contributed by atoms with Crippen molar-refractivity contribution in [3.8, 4) is 0 Å². The van der Waals surface area contributed by atoms with E-state index in [4.69, 9.17) is 0 Å². The van der Waals surface area contributed by atoms with Gasteiger partial charge in [-0.2, -0.15) is 0 Å². The number of rotatable bonds is 6. The highest BCUT2D eigenvalue weighted by Gasteiger charge is 2.37. The van der Waals surface area contributed by atoms with Gasteiger partial charge in [-0.3, -0.25) is 14.5 Å². The van der Waals surface area contributed by atoms with Crippen LogP contribution in [0.2, 0.25) is 0 Å². The maximum Gasteiger partial charge on any atom is 0.245 e. The number of amides is 2. The van der Waals surface area contributed by atoms with Crippen molar-refractivity contribution in [3.05, 3.63) is 35.9 Å². The van der Waals surface area contributed by atoms with Crippen molar-refractivity contribution in [2.75, 3.05) is 32.7 Å². The smallest absolute Gasteiger partial charge is 0.245 e. The molecule has 1 aromatic rings. The Morgan fingerprint density at radius 3 is 2.42 bits per heavy atom. The predicted octanol–water partition coefficient (Wildman–Crippen LogP) is 2.37. The van der Waals surface area contributed by atoms with Crippen molar-refractivity contribution in [1.29, 1.82) is 0 Å². The molecule has 5 heteroatoms. The van der Waals surface area contributed by atoms with Gasteiger partial charge in [0.2, 0.25) is 11.8 Å². The van der Waals surface area contributed by atoms with Gasteiger partial charge in [0.05, 0.1) is 6.54 Å². The average Bonchev–Trinajstić information content (AvgIpc) is 2.65. The first-order valence-electron chi connectivity index (χ1n) is 9.93. The molecule has 1 aromatic carbocycles. The number of carbonyl (C=O) groups excluding carboxylic acids is 2. The summed E-state index contributed by atoms with van der Waals surface area (Å²) in [5, 5.41) is 0. The van der Waals surface area contributed by atoms with Crippen LogP contribution in [0.1, 0.15) is 38.7 Å². The molecule has 142 valence electrons. The second kappa shape index (κ2) is 8.67. The Morgan fingerprint density at radius 2 is 1.77 bits per heavy atom. The van der Waals surface area contributed by atoms with Crippen molar-refractivity contribution >= 4 is 11.8 Å². The SMILES string of the molecule is CCCN1CC(=O)N(CC2CCN(Cc3ccccc3)CC2)[C@H](C)C1=O. The first-order chi connectivity index (χ1) is 12.6. The average molecular weight is 357 g/mol. The number of nitrogens with zero attached hydrogens (tertiary/aromatic N) is 3. The fourth-order valence-corrected chi connectivity index (χ4v) is 4.11. The monoisotopic (exact) mass is 357 g/mol. The van der Waals surface area contributed by atoms with Crippen molar-refractivity contribution in [2.45, 2.75) is 45.7 Å². The summed E-state index contributed by atoms with van der Waals surface area (Å²) in [6, 6.07) is 10.3. The van der Waals surface area contributed by atoms with Crippen LogP contribution >= 0.6 is 0 Å². The zero-order valence-corrected chi connectivity index (χ0v) is 16.1. The Bertz CT molecular complexity index is 611. The minimum Gasteiger partial charge on any atom is -0.332 e. The molecule has 0 spiro atoms. The van der Waals surface area contributed by atoms with E-state index in [1.807, 2.05) is 18.7 Å². The van der Waals surface area contributed by atoms with Crippen LogP contribution in [0.4, 0.5) is 0 Å². The van der Waals surface area contributed by atoms with Crippen LogP contribution in [0.15, 0.2) is 30.3 Å². The lowest BCUT2D eigenvalue weighted by atomic mass is 9.94. The maximum absolute atomic E-state index is 12.5. The number of benzene rings is 1. The largest absolute Gasteiger partial charge is 0.332 e. The van der Waals surface area contributed by atoms with Crippen molar-refractivity contribution in [1.82, 2.24) is 14.7 Å². The lowest BCUT2D eigenvalue weighted by molar-refractivity contribution is -0.156. The van der Waals surface area contributed by atoms with Gasteiger partial charge in [-0.25, -0.2) is 0 Å². The van der Waals surface area contributed by atoms with Crippen LogP contribution < -0.4 is 0 Å². The molecule has 2 amide bonds. The highest BCUT2D eigenvalue weighted by Crippen LogP contribution is 2.23. The van der Waals surface area contributed by atoms with Crippen LogP contribution in [0, 0.1) is 5.92 Å². The van der Waals surface area contributed by atoms with Crippen LogP contribution in [0.3, 0.4) is 0 Å². The number of carbonyl (C=O) groups is 2. The number of hydrogen-bond acceptors (Lipinski definition) is 3. The Labute approximate surface area is 156 Å². The van der Waals surface area contributed by atoms with Gasteiger partial charge in [-0.05, 0) is 50.8 Å². The summed E-state index contributed by atoms with van der Waals surface area (Å²) in [7, 11) is 0. The second-order valence-electron chi connectivity index (χ2n) is 7.69. The Balaban J connectivity index is 1.49. The summed E-state index contributed by atoms with van der Waals surface area (Å²) in [4.78, 5) is 31.1. The van der Waals surface area contributed by atoms with Gasteiger partial charge in [-0.1, -0.05) is 37.3 Å². The zero-order chi connectivity index (χ0) is 18.5. The van der Waals surface area contributed by atoms with Gasteiger partial charge in [-0.15, -0.1) is 0 Å². The predicted molar refractivity (Wildman–Crippen MR) is 102 cm³/mol. The van der Waals surface area contributed by atoms with Gasteiger partial charge in [0.25, 0.3) is 0 Å². The molecule has 0 radical (unpaired) electrons. The molecule has 2 saturated heterocycles. The number of piperidine rings is 1. The van der Waals surface area contributed by atoms with Gasteiger partial charge in [0.15, 0.2) is 0 Å². The Kier molecular flexibility index (Phi) is 6.30. The summed E-state index contributed by atoms with van der Waals surface area (Å²) >= 11 is 0. The molecular weight excluding hydrogens is 326 g/mol. The summed E-state index contributed by atoms with van der Waals surface area (Å²) in [6.07, 6.45) is 3.08. The second-order valence-corrected chi connectivity index (χ2v) is 7.69. The van der Waals surface area contributed by atoms with E-state index in [1.54, 1.807) is 4.90 Å². The molecule has 0 aromatic heterocycles. The van der Waals surface area contributed by atoms with E-state index in [2.05, 4.69) is 35.2 Å². The summed E-state index contributed by atoms with van der Waals surface area (Å²) in [5.41, 5.74) is 1.35. The molecule has 3 rings (SSSR count). The standard InChI is InChI=1S/C21H31N3O2/c1-3-11-23-16-20(25)24(17(2)21(23)26)15-19-9-12-22(13-10-19)14-18-7-5-4-6-8-18/h4-8,17,19H,3,9-16H2,1-2H3/t17-/m1/s1. The van der Waals surface area contributed by atoms with Crippen molar-refractivity contribution in [3.63, 3.8) is 0 Å². The van der Waals surface area contributed by atoms with Gasteiger partial charge < -0.3 is 9.80 Å². The van der Waals surface area contributed by atoms with Crippen LogP contribution in [0.5, 0.6) is 0 Å². The van der Waals surface area contributed by atoms with E-state index in [1.165, 1.54) is 5.56 Å². The number of likely N-dealkylation sites (tertiary alicyclic amines) is 1. The minimum absolute atomic E-state index is 0.105. The minimum atomic E-state index is -0.315. The number of hydrogen-bond donors (Lipinski definition) is 0. The molecule has 0 saturated carbocycles. The maximum atomic E-state index is 12.5.